The van der Waals surface area contributed by atoms with E-state index in [9.17, 15) is 0 Å². The summed E-state index contributed by atoms with van der Waals surface area (Å²) >= 11 is 1.65. The number of hydrogen-bond acceptors (Lipinski definition) is 3. The predicted octanol–water partition coefficient (Wildman–Crippen LogP) is 4.10. The lowest BCUT2D eigenvalue weighted by Gasteiger charge is -2.33. The Morgan fingerprint density at radius 3 is 2.60 bits per heavy atom. The first-order valence-corrected chi connectivity index (χ1v) is 8.57. The molecule has 0 aromatic heterocycles. The third kappa shape index (κ3) is 3.92. The lowest BCUT2D eigenvalue weighted by atomic mass is 10.1. The van der Waals surface area contributed by atoms with Crippen LogP contribution in [0, 0.1) is 5.41 Å². The summed E-state index contributed by atoms with van der Waals surface area (Å²) in [5, 5.41) is 7.93. The minimum absolute atomic E-state index is 0.162. The Bertz CT molecular complexity index is 445. The van der Waals surface area contributed by atoms with Crippen molar-refractivity contribution in [1.29, 1.82) is 5.41 Å². The maximum atomic E-state index is 7.93. The molecule has 1 aromatic rings. The lowest BCUT2D eigenvalue weighted by molar-refractivity contribution is 0.595. The third-order valence-corrected chi connectivity index (χ3v) is 4.46. The van der Waals surface area contributed by atoms with Gasteiger partial charge in [0.1, 0.15) is 5.84 Å². The Labute approximate surface area is 127 Å². The van der Waals surface area contributed by atoms with E-state index in [0.29, 0.717) is 6.04 Å². The minimum atomic E-state index is 0.162. The second kappa shape index (κ2) is 8.20. The number of nitrogen functional groups attached to an aromatic ring is 1. The number of benzene rings is 1. The van der Waals surface area contributed by atoms with Crippen LogP contribution in [0.4, 0.5) is 5.69 Å². The summed E-state index contributed by atoms with van der Waals surface area (Å²) in [5.41, 5.74) is 7.83. The van der Waals surface area contributed by atoms with Gasteiger partial charge in [0.15, 0.2) is 0 Å². The molecule has 0 aliphatic carbocycles. The Kier molecular flexibility index (Phi) is 6.93. The van der Waals surface area contributed by atoms with Gasteiger partial charge in [-0.2, -0.15) is 0 Å². The van der Waals surface area contributed by atoms with Crippen LogP contribution in [0.3, 0.4) is 0 Å². The van der Waals surface area contributed by atoms with E-state index in [-0.39, 0.29) is 5.84 Å². The molecule has 1 aromatic carbocycles. The van der Waals surface area contributed by atoms with Crippen LogP contribution in [-0.4, -0.2) is 24.7 Å². The molecule has 0 aliphatic rings. The van der Waals surface area contributed by atoms with Crippen LogP contribution >= 0.6 is 11.8 Å². The van der Waals surface area contributed by atoms with Gasteiger partial charge in [-0.15, -0.1) is 11.8 Å². The van der Waals surface area contributed by atoms with E-state index in [1.54, 1.807) is 11.8 Å². The van der Waals surface area contributed by atoms with Crippen molar-refractivity contribution in [1.82, 2.24) is 0 Å². The van der Waals surface area contributed by atoms with Crippen molar-refractivity contribution in [3.05, 3.63) is 23.8 Å². The van der Waals surface area contributed by atoms with Crippen molar-refractivity contribution in [3.8, 4) is 0 Å². The highest BCUT2D eigenvalue weighted by Gasteiger charge is 2.19. The average molecular weight is 293 g/mol. The predicted molar refractivity (Wildman–Crippen MR) is 91.2 cm³/mol. The normalized spacial score (nSPS) is 12.2. The van der Waals surface area contributed by atoms with Crippen molar-refractivity contribution in [2.45, 2.75) is 51.0 Å². The maximum Gasteiger partial charge on any atom is 0.126 e. The third-order valence-electron chi connectivity index (χ3n) is 3.68. The van der Waals surface area contributed by atoms with Gasteiger partial charge in [-0.1, -0.05) is 26.3 Å². The summed E-state index contributed by atoms with van der Waals surface area (Å²) in [6.45, 7) is 7.67. The zero-order valence-electron chi connectivity index (χ0n) is 13.1. The van der Waals surface area contributed by atoms with Gasteiger partial charge in [0.2, 0.25) is 0 Å². The first-order chi connectivity index (χ1) is 9.56. The van der Waals surface area contributed by atoms with Crippen LogP contribution in [0.2, 0.25) is 0 Å². The van der Waals surface area contributed by atoms with E-state index >= 15 is 0 Å². The Morgan fingerprint density at radius 1 is 1.40 bits per heavy atom. The summed E-state index contributed by atoms with van der Waals surface area (Å²) in [6, 6.07) is 6.66. The molecular weight excluding hydrogens is 266 g/mol. The molecule has 0 spiro atoms. The maximum absolute atomic E-state index is 7.93. The van der Waals surface area contributed by atoms with E-state index in [1.165, 1.54) is 6.42 Å². The first kappa shape index (κ1) is 16.9. The van der Waals surface area contributed by atoms with Crippen LogP contribution in [0.25, 0.3) is 0 Å². The monoisotopic (exact) mass is 293 g/mol. The van der Waals surface area contributed by atoms with E-state index in [1.807, 2.05) is 12.3 Å². The Balaban J connectivity index is 3.27. The lowest BCUT2D eigenvalue weighted by Crippen LogP contribution is -2.35. The van der Waals surface area contributed by atoms with Crippen molar-refractivity contribution < 1.29 is 0 Å². The van der Waals surface area contributed by atoms with Gasteiger partial charge in [0, 0.05) is 23.2 Å². The number of rotatable bonds is 8. The van der Waals surface area contributed by atoms with Crippen LogP contribution in [-0.2, 0) is 0 Å². The second-order valence-electron chi connectivity index (χ2n) is 5.07. The summed E-state index contributed by atoms with van der Waals surface area (Å²) < 4.78 is 0. The average Bonchev–Trinajstić information content (AvgIpc) is 2.46. The topological polar surface area (TPSA) is 53.1 Å². The van der Waals surface area contributed by atoms with Crippen molar-refractivity contribution in [3.63, 3.8) is 0 Å². The van der Waals surface area contributed by atoms with E-state index < -0.39 is 0 Å². The van der Waals surface area contributed by atoms with Gasteiger partial charge in [-0.3, -0.25) is 5.41 Å². The van der Waals surface area contributed by atoms with E-state index in [0.717, 1.165) is 35.5 Å². The highest BCUT2D eigenvalue weighted by molar-refractivity contribution is 7.98. The summed E-state index contributed by atoms with van der Waals surface area (Å²) in [7, 11) is 0. The standard InChI is InChI=1S/C16H27N3S/c1-5-7-11-19(12(3)6-2)13-9-8-10-14(20-4)15(13)16(17)18/h8-10,12H,5-7,11H2,1-4H3,(H3,17,18). The molecule has 0 radical (unpaired) electrons. The number of anilines is 1. The molecule has 0 saturated carbocycles. The van der Waals surface area contributed by atoms with Crippen LogP contribution < -0.4 is 10.6 Å². The number of amidine groups is 1. The number of thioether (sulfide) groups is 1. The second-order valence-corrected chi connectivity index (χ2v) is 5.92. The zero-order chi connectivity index (χ0) is 15.1. The molecule has 4 heteroatoms. The number of hydrogen-bond donors (Lipinski definition) is 2. The first-order valence-electron chi connectivity index (χ1n) is 7.34. The molecule has 1 rings (SSSR count). The number of nitrogens with one attached hydrogen (secondary N) is 1. The highest BCUT2D eigenvalue weighted by atomic mass is 32.2. The fraction of sp³-hybridized carbons (Fsp3) is 0.562. The van der Waals surface area contributed by atoms with E-state index in [2.05, 4.69) is 37.8 Å². The number of nitrogens with two attached hydrogens (primary N) is 1. The number of nitrogens with zero attached hydrogens (tertiary/aromatic N) is 1. The highest BCUT2D eigenvalue weighted by Crippen LogP contribution is 2.31. The summed E-state index contributed by atoms with van der Waals surface area (Å²) in [4.78, 5) is 3.49. The molecule has 0 amide bonds. The van der Waals surface area contributed by atoms with E-state index in [4.69, 9.17) is 11.1 Å². The molecule has 0 saturated heterocycles. The molecule has 3 N–H and O–H groups in total. The molecular formula is C16H27N3S. The molecule has 112 valence electrons. The van der Waals surface area contributed by atoms with Gasteiger partial charge in [0.05, 0.1) is 5.56 Å². The largest absolute Gasteiger partial charge is 0.384 e. The van der Waals surface area contributed by atoms with Crippen LogP contribution in [0.1, 0.15) is 45.6 Å². The number of unbranched alkanes of at least 4 members (excludes halogenated alkanes) is 1. The molecule has 0 aliphatic heterocycles. The zero-order valence-corrected chi connectivity index (χ0v) is 13.9. The van der Waals surface area contributed by atoms with Gasteiger partial charge in [-0.05, 0) is 38.2 Å². The van der Waals surface area contributed by atoms with Crippen LogP contribution in [0.5, 0.6) is 0 Å². The Morgan fingerprint density at radius 2 is 2.10 bits per heavy atom. The fourth-order valence-electron chi connectivity index (χ4n) is 2.33. The molecule has 1 unspecified atom stereocenters. The smallest absolute Gasteiger partial charge is 0.126 e. The molecule has 3 nitrogen and oxygen atoms in total. The fourth-order valence-corrected chi connectivity index (χ4v) is 2.96. The summed E-state index contributed by atoms with van der Waals surface area (Å²) in [5.74, 6) is 0.162. The molecule has 20 heavy (non-hydrogen) atoms. The molecule has 0 bridgehead atoms. The van der Waals surface area contributed by atoms with Crippen molar-refractivity contribution >= 4 is 23.3 Å². The van der Waals surface area contributed by atoms with Crippen molar-refractivity contribution in [2.24, 2.45) is 5.73 Å². The molecule has 0 heterocycles. The van der Waals surface area contributed by atoms with Gasteiger partial charge >= 0.3 is 0 Å². The van der Waals surface area contributed by atoms with Gasteiger partial charge in [-0.25, -0.2) is 0 Å². The van der Waals surface area contributed by atoms with Crippen LogP contribution in [0.15, 0.2) is 23.1 Å². The SMILES string of the molecule is CCCCN(c1cccc(SC)c1C(=N)N)C(C)CC. The van der Waals surface area contributed by atoms with Crippen molar-refractivity contribution in [2.75, 3.05) is 17.7 Å². The Hall–Kier alpha value is -1.16. The van der Waals surface area contributed by atoms with Gasteiger partial charge < -0.3 is 10.6 Å². The molecule has 1 atom stereocenters. The summed E-state index contributed by atoms with van der Waals surface area (Å²) in [6.07, 6.45) is 5.45. The molecule has 0 fully saturated rings. The quantitative estimate of drug-likeness (QED) is 0.431. The minimum Gasteiger partial charge on any atom is -0.384 e. The van der Waals surface area contributed by atoms with Gasteiger partial charge in [0.25, 0.3) is 0 Å².